The van der Waals surface area contributed by atoms with Crippen molar-refractivity contribution in [3.63, 3.8) is 0 Å². The average Bonchev–Trinajstić information content (AvgIpc) is 3.35. The van der Waals surface area contributed by atoms with E-state index in [0.29, 0.717) is 33.9 Å². The molecule has 0 radical (unpaired) electrons. The zero-order chi connectivity index (χ0) is 18.9. The Morgan fingerprint density at radius 2 is 1.18 bits per heavy atom. The van der Waals surface area contributed by atoms with Gasteiger partial charge in [0.15, 0.2) is 0 Å². The van der Waals surface area contributed by atoms with Crippen LogP contribution in [-0.2, 0) is 9.47 Å². The SMILES string of the molecule is CCOC1C2(CC2)CCC12CC2CCOC1C2(CCCC2)CCC12CCCC2. The molecule has 6 saturated carbocycles. The van der Waals surface area contributed by atoms with Crippen molar-refractivity contribution in [2.24, 2.45) is 27.6 Å². The van der Waals surface area contributed by atoms with Gasteiger partial charge in [-0.1, -0.05) is 25.7 Å². The molecule has 3 unspecified atom stereocenters. The monoisotopic (exact) mass is 386 g/mol. The summed E-state index contributed by atoms with van der Waals surface area (Å²) in [7, 11) is 0. The van der Waals surface area contributed by atoms with Crippen molar-refractivity contribution in [3.05, 3.63) is 0 Å². The molecule has 6 aliphatic carbocycles. The van der Waals surface area contributed by atoms with Crippen molar-refractivity contribution < 1.29 is 9.47 Å². The van der Waals surface area contributed by atoms with Gasteiger partial charge in [0.2, 0.25) is 0 Å². The second kappa shape index (κ2) is 6.46. The van der Waals surface area contributed by atoms with Crippen LogP contribution in [0.1, 0.15) is 110 Å². The fourth-order valence-electron chi connectivity index (χ4n) is 9.23. The van der Waals surface area contributed by atoms with Crippen LogP contribution >= 0.6 is 0 Å². The fraction of sp³-hybridized carbons (Fsp3) is 1.00. The van der Waals surface area contributed by atoms with Crippen LogP contribution in [0.3, 0.4) is 0 Å². The molecule has 0 aromatic carbocycles. The van der Waals surface area contributed by atoms with Gasteiger partial charge in [0, 0.05) is 18.6 Å². The lowest BCUT2D eigenvalue weighted by Crippen LogP contribution is -2.40. The zero-order valence-corrected chi connectivity index (χ0v) is 18.3. The fourth-order valence-corrected chi connectivity index (χ4v) is 9.23. The van der Waals surface area contributed by atoms with Crippen LogP contribution in [0.5, 0.6) is 0 Å². The van der Waals surface area contributed by atoms with Crippen LogP contribution < -0.4 is 0 Å². The molecule has 28 heavy (non-hydrogen) atoms. The molecule has 0 aromatic heterocycles. The normalized spacial score (nSPS) is 41.9. The van der Waals surface area contributed by atoms with Gasteiger partial charge in [-0.2, -0.15) is 0 Å². The summed E-state index contributed by atoms with van der Waals surface area (Å²) >= 11 is 0. The summed E-state index contributed by atoms with van der Waals surface area (Å²) in [5.74, 6) is 0.893. The van der Waals surface area contributed by atoms with Crippen molar-refractivity contribution in [1.29, 1.82) is 0 Å². The first-order chi connectivity index (χ1) is 13.7. The average molecular weight is 387 g/mol. The van der Waals surface area contributed by atoms with Crippen molar-refractivity contribution in [2.45, 2.75) is 122 Å². The molecule has 0 saturated heterocycles. The molecular formula is C26H42O2. The van der Waals surface area contributed by atoms with E-state index >= 15 is 0 Å². The molecule has 4 spiro atoms. The maximum atomic E-state index is 6.95. The minimum atomic E-state index is 0.557. The summed E-state index contributed by atoms with van der Waals surface area (Å²) in [6, 6.07) is 0. The van der Waals surface area contributed by atoms with Crippen LogP contribution in [-0.4, -0.2) is 25.4 Å². The lowest BCUT2D eigenvalue weighted by atomic mass is 9.74. The Labute approximate surface area is 172 Å². The van der Waals surface area contributed by atoms with Crippen LogP contribution in [0.2, 0.25) is 0 Å². The predicted molar refractivity (Wildman–Crippen MR) is 112 cm³/mol. The lowest BCUT2D eigenvalue weighted by molar-refractivity contribution is -0.0819. The second-order valence-electron chi connectivity index (χ2n) is 12.0. The van der Waals surface area contributed by atoms with Crippen LogP contribution in [0.15, 0.2) is 0 Å². The molecule has 0 aliphatic heterocycles. The Morgan fingerprint density at radius 3 is 1.75 bits per heavy atom. The second-order valence-corrected chi connectivity index (χ2v) is 12.0. The quantitative estimate of drug-likeness (QED) is 0.508. The Bertz CT molecular complexity index is 572. The van der Waals surface area contributed by atoms with Gasteiger partial charge in [-0.05, 0) is 106 Å². The first-order valence-corrected chi connectivity index (χ1v) is 12.9. The minimum absolute atomic E-state index is 0.557. The summed E-state index contributed by atoms with van der Waals surface area (Å²) < 4.78 is 13.3. The Hall–Kier alpha value is -0.0800. The highest BCUT2D eigenvalue weighted by atomic mass is 16.5. The van der Waals surface area contributed by atoms with E-state index in [1.807, 2.05) is 0 Å². The number of hydrogen-bond acceptors (Lipinski definition) is 2. The molecule has 3 atom stereocenters. The van der Waals surface area contributed by atoms with Crippen LogP contribution in [0.4, 0.5) is 0 Å². The van der Waals surface area contributed by atoms with Gasteiger partial charge in [0.25, 0.3) is 0 Å². The first-order valence-electron chi connectivity index (χ1n) is 12.9. The molecule has 6 fully saturated rings. The van der Waals surface area contributed by atoms with Gasteiger partial charge in [0.1, 0.15) is 0 Å². The third-order valence-electron chi connectivity index (χ3n) is 10.9. The highest BCUT2D eigenvalue weighted by molar-refractivity contribution is 5.21. The zero-order valence-electron chi connectivity index (χ0n) is 18.3. The van der Waals surface area contributed by atoms with Crippen molar-refractivity contribution in [3.8, 4) is 0 Å². The van der Waals surface area contributed by atoms with Crippen molar-refractivity contribution in [2.75, 3.05) is 13.2 Å². The summed E-state index contributed by atoms with van der Waals surface area (Å²) in [6.45, 7) is 4.14. The van der Waals surface area contributed by atoms with E-state index in [1.165, 1.54) is 103 Å². The van der Waals surface area contributed by atoms with E-state index in [2.05, 4.69) is 6.92 Å². The maximum Gasteiger partial charge on any atom is 0.0690 e. The third kappa shape index (κ3) is 2.58. The maximum absolute atomic E-state index is 6.95. The van der Waals surface area contributed by atoms with E-state index in [9.17, 15) is 0 Å². The molecular weight excluding hydrogens is 344 g/mol. The van der Waals surface area contributed by atoms with E-state index in [-0.39, 0.29) is 0 Å². The summed E-state index contributed by atoms with van der Waals surface area (Å²) in [6.07, 6.45) is 24.3. The number of ether oxygens (including phenoxy) is 2. The minimum Gasteiger partial charge on any atom is -0.377 e. The van der Waals surface area contributed by atoms with Crippen LogP contribution in [0, 0.1) is 27.6 Å². The molecule has 2 nitrogen and oxygen atoms in total. The first kappa shape index (κ1) is 18.7. The van der Waals surface area contributed by atoms with E-state index in [0.717, 1.165) is 19.1 Å². The predicted octanol–water partition coefficient (Wildman–Crippen LogP) is 6.66. The summed E-state index contributed by atoms with van der Waals surface area (Å²) in [5.41, 5.74) is 2.32. The Balaban J connectivity index is 1.10. The van der Waals surface area contributed by atoms with Gasteiger partial charge >= 0.3 is 0 Å². The van der Waals surface area contributed by atoms with Crippen molar-refractivity contribution in [1.82, 2.24) is 0 Å². The molecule has 0 aromatic rings. The number of hydrogen-bond donors (Lipinski definition) is 0. The van der Waals surface area contributed by atoms with Gasteiger partial charge in [-0.15, -0.1) is 0 Å². The summed E-state index contributed by atoms with van der Waals surface area (Å²) in [4.78, 5) is 0. The number of rotatable bonds is 6. The molecule has 0 amide bonds. The smallest absolute Gasteiger partial charge is 0.0690 e. The lowest BCUT2D eigenvalue weighted by Gasteiger charge is -2.39. The molecule has 0 N–H and O–H groups in total. The van der Waals surface area contributed by atoms with Gasteiger partial charge in [-0.25, -0.2) is 0 Å². The van der Waals surface area contributed by atoms with Crippen LogP contribution in [0.25, 0.3) is 0 Å². The molecule has 158 valence electrons. The molecule has 6 rings (SSSR count). The topological polar surface area (TPSA) is 18.5 Å². The molecule has 0 heterocycles. The highest BCUT2D eigenvalue weighted by Gasteiger charge is 2.71. The van der Waals surface area contributed by atoms with E-state index in [1.54, 1.807) is 0 Å². The highest BCUT2D eigenvalue weighted by Crippen LogP contribution is 2.75. The Morgan fingerprint density at radius 1 is 0.643 bits per heavy atom. The standard InChI is InChI=1S/C26H42O2/c1-2-27-22-25(14-15-25)16-17-26(22)19-20(26)7-18-28-21-23(8-3-4-9-23)12-13-24(21)10-5-6-11-24/h20-22H,2-19H2,1H3. The van der Waals surface area contributed by atoms with E-state index < -0.39 is 0 Å². The molecule has 6 aliphatic rings. The van der Waals surface area contributed by atoms with Crippen molar-refractivity contribution >= 4 is 0 Å². The largest absolute Gasteiger partial charge is 0.377 e. The van der Waals surface area contributed by atoms with Gasteiger partial charge < -0.3 is 9.47 Å². The molecule has 0 bridgehead atoms. The van der Waals surface area contributed by atoms with Gasteiger partial charge in [0.05, 0.1) is 12.2 Å². The van der Waals surface area contributed by atoms with Gasteiger partial charge in [-0.3, -0.25) is 0 Å². The molecule has 2 heteroatoms. The third-order valence-corrected chi connectivity index (χ3v) is 10.9. The van der Waals surface area contributed by atoms with E-state index in [4.69, 9.17) is 9.47 Å². The Kier molecular flexibility index (Phi) is 4.31. The summed E-state index contributed by atoms with van der Waals surface area (Å²) in [5, 5.41) is 0.